The van der Waals surface area contributed by atoms with Crippen molar-refractivity contribution in [2.45, 2.75) is 12.7 Å². The highest BCUT2D eigenvalue weighted by atomic mass is 19.1. The summed E-state index contributed by atoms with van der Waals surface area (Å²) in [4.78, 5) is 0. The molecule has 0 saturated carbocycles. The van der Waals surface area contributed by atoms with Gasteiger partial charge in [-0.1, -0.05) is 12.1 Å². The number of nitrogens with two attached hydrogens (primary N) is 1. The lowest BCUT2D eigenvalue weighted by atomic mass is 10.0. The van der Waals surface area contributed by atoms with E-state index in [-0.39, 0.29) is 12.4 Å². The largest absolute Gasteiger partial charge is 0.348 e. The maximum absolute atomic E-state index is 13.4. The van der Waals surface area contributed by atoms with Crippen molar-refractivity contribution in [3.63, 3.8) is 0 Å². The van der Waals surface area contributed by atoms with Gasteiger partial charge in [-0.2, -0.15) is 0 Å². The molecule has 0 fully saturated rings. The Morgan fingerprint density at radius 1 is 1.33 bits per heavy atom. The van der Waals surface area contributed by atoms with Gasteiger partial charge in [0.2, 0.25) is 5.79 Å². The van der Waals surface area contributed by atoms with Gasteiger partial charge in [0, 0.05) is 19.8 Å². The molecule has 0 heterocycles. The minimum Gasteiger partial charge on any atom is -0.348 e. The zero-order valence-electron chi connectivity index (χ0n) is 9.21. The van der Waals surface area contributed by atoms with Gasteiger partial charge in [-0.15, -0.1) is 0 Å². The van der Waals surface area contributed by atoms with Crippen LogP contribution in [-0.2, 0) is 15.3 Å². The van der Waals surface area contributed by atoms with Crippen LogP contribution in [0.2, 0.25) is 0 Å². The van der Waals surface area contributed by atoms with Crippen LogP contribution in [0.3, 0.4) is 0 Å². The summed E-state index contributed by atoms with van der Waals surface area (Å²) in [5, 5.41) is 0. The molecule has 0 amide bonds. The van der Waals surface area contributed by atoms with E-state index >= 15 is 0 Å². The monoisotopic (exact) mass is 213 g/mol. The van der Waals surface area contributed by atoms with Crippen molar-refractivity contribution in [2.75, 3.05) is 20.8 Å². The number of hydrogen-bond donors (Lipinski definition) is 1. The summed E-state index contributed by atoms with van der Waals surface area (Å²) in [5.74, 6) is -1.35. The Kier molecular flexibility index (Phi) is 3.79. The van der Waals surface area contributed by atoms with Crippen LogP contribution in [0.15, 0.2) is 18.2 Å². The second-order valence-corrected chi connectivity index (χ2v) is 3.33. The third-order valence-electron chi connectivity index (χ3n) is 2.54. The number of benzene rings is 1. The van der Waals surface area contributed by atoms with Crippen molar-refractivity contribution in [3.8, 4) is 0 Å². The van der Waals surface area contributed by atoms with Crippen LogP contribution in [0.1, 0.15) is 11.1 Å². The topological polar surface area (TPSA) is 44.5 Å². The zero-order chi connectivity index (χ0) is 11.5. The van der Waals surface area contributed by atoms with E-state index in [1.54, 1.807) is 19.1 Å². The molecule has 1 aromatic rings. The van der Waals surface area contributed by atoms with E-state index in [4.69, 9.17) is 15.2 Å². The maximum Gasteiger partial charge on any atom is 0.207 e. The van der Waals surface area contributed by atoms with Crippen molar-refractivity contribution < 1.29 is 13.9 Å². The predicted molar refractivity (Wildman–Crippen MR) is 55.9 cm³/mol. The van der Waals surface area contributed by atoms with Crippen molar-refractivity contribution >= 4 is 0 Å². The van der Waals surface area contributed by atoms with Crippen molar-refractivity contribution in [2.24, 2.45) is 5.73 Å². The van der Waals surface area contributed by atoms with Crippen LogP contribution in [0.25, 0.3) is 0 Å². The molecule has 0 aliphatic rings. The Balaban J connectivity index is 3.17. The molecular weight excluding hydrogens is 197 g/mol. The fourth-order valence-electron chi connectivity index (χ4n) is 1.43. The Morgan fingerprint density at radius 2 is 1.93 bits per heavy atom. The van der Waals surface area contributed by atoms with Gasteiger partial charge in [-0.05, 0) is 18.6 Å². The molecule has 15 heavy (non-hydrogen) atoms. The summed E-state index contributed by atoms with van der Waals surface area (Å²) >= 11 is 0. The molecule has 0 unspecified atom stereocenters. The van der Waals surface area contributed by atoms with Crippen molar-refractivity contribution in [3.05, 3.63) is 35.1 Å². The molecule has 0 aromatic heterocycles. The van der Waals surface area contributed by atoms with Gasteiger partial charge in [0.05, 0.1) is 6.54 Å². The number of methoxy groups -OCH3 is 2. The van der Waals surface area contributed by atoms with Gasteiger partial charge >= 0.3 is 0 Å². The predicted octanol–water partition coefficient (Wildman–Crippen LogP) is 1.54. The number of halogens is 1. The van der Waals surface area contributed by atoms with E-state index in [1.807, 2.05) is 0 Å². The van der Waals surface area contributed by atoms with Gasteiger partial charge in [0.25, 0.3) is 0 Å². The summed E-state index contributed by atoms with van der Waals surface area (Å²) in [5.41, 5.74) is 6.74. The molecule has 2 N–H and O–H groups in total. The van der Waals surface area contributed by atoms with Crippen molar-refractivity contribution in [1.29, 1.82) is 0 Å². The lowest BCUT2D eigenvalue weighted by Crippen LogP contribution is -2.39. The molecule has 0 saturated heterocycles. The van der Waals surface area contributed by atoms with Crippen LogP contribution in [0, 0.1) is 12.7 Å². The summed E-state index contributed by atoms with van der Waals surface area (Å²) in [6.07, 6.45) is 0. The maximum atomic E-state index is 13.4. The summed E-state index contributed by atoms with van der Waals surface area (Å²) in [6.45, 7) is 1.82. The van der Waals surface area contributed by atoms with E-state index in [9.17, 15) is 4.39 Å². The molecule has 0 aliphatic carbocycles. The Labute approximate surface area is 89.0 Å². The summed E-state index contributed by atoms with van der Waals surface area (Å²) < 4.78 is 23.8. The third kappa shape index (κ3) is 2.17. The average molecular weight is 213 g/mol. The van der Waals surface area contributed by atoms with E-state index < -0.39 is 5.79 Å². The molecule has 4 heteroatoms. The molecule has 0 radical (unpaired) electrons. The second-order valence-electron chi connectivity index (χ2n) is 3.33. The lowest BCUT2D eigenvalue weighted by Gasteiger charge is -2.29. The first-order valence-corrected chi connectivity index (χ1v) is 4.66. The number of ether oxygens (including phenoxy) is 2. The molecule has 3 nitrogen and oxygen atoms in total. The van der Waals surface area contributed by atoms with Gasteiger partial charge in [0.15, 0.2) is 0 Å². The number of rotatable bonds is 4. The third-order valence-corrected chi connectivity index (χ3v) is 2.54. The molecule has 1 rings (SSSR count). The Morgan fingerprint density at radius 3 is 2.33 bits per heavy atom. The standard InChI is InChI=1S/C11H16FNO2/c1-8-4-5-9(6-10(8)12)11(7-13,14-2)15-3/h4-6H,7,13H2,1-3H3. The normalized spacial score (nSPS) is 11.8. The quantitative estimate of drug-likeness (QED) is 0.771. The first-order valence-electron chi connectivity index (χ1n) is 4.66. The molecular formula is C11H16FNO2. The average Bonchev–Trinajstić information content (AvgIpc) is 2.26. The molecule has 1 aromatic carbocycles. The highest BCUT2D eigenvalue weighted by molar-refractivity contribution is 5.27. The fraction of sp³-hybridized carbons (Fsp3) is 0.455. The molecule has 0 spiro atoms. The minimum atomic E-state index is -1.06. The van der Waals surface area contributed by atoms with Gasteiger partial charge in [-0.25, -0.2) is 4.39 Å². The van der Waals surface area contributed by atoms with Gasteiger partial charge < -0.3 is 15.2 Å². The van der Waals surface area contributed by atoms with Crippen LogP contribution in [0.5, 0.6) is 0 Å². The minimum absolute atomic E-state index is 0.127. The number of hydrogen-bond acceptors (Lipinski definition) is 3. The lowest BCUT2D eigenvalue weighted by molar-refractivity contribution is -0.208. The second kappa shape index (κ2) is 4.70. The van der Waals surface area contributed by atoms with E-state index in [0.717, 1.165) is 0 Å². The SMILES string of the molecule is COC(CN)(OC)c1ccc(C)c(F)c1. The highest BCUT2D eigenvalue weighted by Gasteiger charge is 2.30. The zero-order valence-corrected chi connectivity index (χ0v) is 9.21. The molecule has 0 atom stereocenters. The van der Waals surface area contributed by atoms with Crippen LogP contribution in [-0.4, -0.2) is 20.8 Å². The Bertz CT molecular complexity index is 329. The van der Waals surface area contributed by atoms with E-state index in [2.05, 4.69) is 0 Å². The first-order chi connectivity index (χ1) is 7.09. The number of aryl methyl sites for hydroxylation is 1. The van der Waals surface area contributed by atoms with Crippen LogP contribution >= 0.6 is 0 Å². The molecule has 84 valence electrons. The summed E-state index contributed by atoms with van der Waals surface area (Å²) in [7, 11) is 2.96. The fourth-order valence-corrected chi connectivity index (χ4v) is 1.43. The van der Waals surface area contributed by atoms with Crippen LogP contribution in [0.4, 0.5) is 4.39 Å². The molecule has 0 aliphatic heterocycles. The smallest absolute Gasteiger partial charge is 0.207 e. The summed E-state index contributed by atoms with van der Waals surface area (Å²) in [6, 6.07) is 4.81. The first kappa shape index (κ1) is 12.1. The van der Waals surface area contributed by atoms with E-state index in [1.165, 1.54) is 20.3 Å². The van der Waals surface area contributed by atoms with Crippen LogP contribution < -0.4 is 5.73 Å². The van der Waals surface area contributed by atoms with Gasteiger partial charge in [-0.3, -0.25) is 0 Å². The van der Waals surface area contributed by atoms with Gasteiger partial charge in [0.1, 0.15) is 5.82 Å². The van der Waals surface area contributed by atoms with E-state index in [0.29, 0.717) is 11.1 Å². The highest BCUT2D eigenvalue weighted by Crippen LogP contribution is 2.26. The Hall–Kier alpha value is -0.970. The molecule has 0 bridgehead atoms. The van der Waals surface area contributed by atoms with Crippen molar-refractivity contribution in [1.82, 2.24) is 0 Å².